The first-order valence-electron chi connectivity index (χ1n) is 11.7. The molecule has 3 N–H and O–H groups in total. The first-order chi connectivity index (χ1) is 15.7. The van der Waals surface area contributed by atoms with Crippen molar-refractivity contribution < 1.29 is 23.9 Å². The molecule has 0 spiro atoms. The highest BCUT2D eigenvalue weighted by atomic mass is 16.6. The number of carbonyl (C=O) groups is 4. The third-order valence-corrected chi connectivity index (χ3v) is 5.79. The Morgan fingerprint density at radius 2 is 1.85 bits per heavy atom. The predicted octanol–water partition coefficient (Wildman–Crippen LogP) is 2.60. The summed E-state index contributed by atoms with van der Waals surface area (Å²) in [5.74, 6) is -0.645. The minimum absolute atomic E-state index is 0.0883. The van der Waals surface area contributed by atoms with Gasteiger partial charge >= 0.3 is 6.09 Å². The second-order valence-corrected chi connectivity index (χ2v) is 9.47. The molecule has 1 aromatic carbocycles. The van der Waals surface area contributed by atoms with Gasteiger partial charge in [0.25, 0.3) is 0 Å². The zero-order valence-corrected chi connectivity index (χ0v) is 20.0. The largest absolute Gasteiger partial charge is 0.446 e. The maximum absolute atomic E-state index is 12.9. The predicted molar refractivity (Wildman–Crippen MR) is 125 cm³/mol. The Morgan fingerprint density at radius 3 is 2.39 bits per heavy atom. The Hall–Kier alpha value is -2.90. The molecule has 0 radical (unpaired) electrons. The van der Waals surface area contributed by atoms with Crippen molar-refractivity contribution in [3.05, 3.63) is 35.9 Å². The number of benzene rings is 1. The highest BCUT2D eigenvalue weighted by molar-refractivity contribution is 5.88. The summed E-state index contributed by atoms with van der Waals surface area (Å²) >= 11 is 0. The van der Waals surface area contributed by atoms with Crippen LogP contribution in [0.2, 0.25) is 0 Å². The summed E-state index contributed by atoms with van der Waals surface area (Å²) in [6.07, 6.45) is 1.47. The molecule has 1 aromatic rings. The number of nitrogens with one attached hydrogen (secondary N) is 3. The standard InChI is InChI=1S/C25H37N3O5/c1-16(2)12-21(24(31)27-20(15-29)14-19-10-11-26-23(19)30)28-25(32)33-22(17(3)4)13-18-8-6-5-7-9-18/h5-9,15-17,19-22H,10-14H2,1-4H3,(H,26,30)(H,27,31)(H,28,32)/t19-,20-,21-,22?/m0/s1. The van der Waals surface area contributed by atoms with Crippen LogP contribution in [0.15, 0.2) is 30.3 Å². The molecular formula is C25H37N3O5. The van der Waals surface area contributed by atoms with Crippen LogP contribution in [0.4, 0.5) is 4.79 Å². The molecule has 182 valence electrons. The van der Waals surface area contributed by atoms with E-state index < -0.39 is 24.1 Å². The van der Waals surface area contributed by atoms with Gasteiger partial charge < -0.3 is 25.5 Å². The van der Waals surface area contributed by atoms with Crippen molar-refractivity contribution in [3.63, 3.8) is 0 Å². The minimum atomic E-state index is -0.845. The number of alkyl carbamates (subject to hydrolysis) is 1. The summed E-state index contributed by atoms with van der Waals surface area (Å²) in [6.45, 7) is 8.42. The molecule has 1 saturated heterocycles. The molecule has 33 heavy (non-hydrogen) atoms. The summed E-state index contributed by atoms with van der Waals surface area (Å²) in [4.78, 5) is 48.9. The molecule has 8 nitrogen and oxygen atoms in total. The Balaban J connectivity index is 1.98. The van der Waals surface area contributed by atoms with Crippen molar-refractivity contribution >= 4 is 24.2 Å². The van der Waals surface area contributed by atoms with E-state index in [1.54, 1.807) is 0 Å². The van der Waals surface area contributed by atoms with Crippen molar-refractivity contribution in [2.24, 2.45) is 17.8 Å². The number of aldehydes is 1. The van der Waals surface area contributed by atoms with E-state index in [9.17, 15) is 19.2 Å². The van der Waals surface area contributed by atoms with Gasteiger partial charge in [-0.1, -0.05) is 58.0 Å². The fourth-order valence-corrected chi connectivity index (χ4v) is 3.88. The lowest BCUT2D eigenvalue weighted by molar-refractivity contribution is -0.127. The van der Waals surface area contributed by atoms with Gasteiger partial charge in [-0.2, -0.15) is 0 Å². The first kappa shape index (κ1) is 26.4. The Labute approximate surface area is 196 Å². The zero-order valence-electron chi connectivity index (χ0n) is 20.0. The Morgan fingerprint density at radius 1 is 1.15 bits per heavy atom. The zero-order chi connectivity index (χ0) is 24.4. The van der Waals surface area contributed by atoms with Gasteiger partial charge in [0.2, 0.25) is 11.8 Å². The van der Waals surface area contributed by atoms with Crippen molar-refractivity contribution in [3.8, 4) is 0 Å². The molecule has 1 unspecified atom stereocenters. The van der Waals surface area contributed by atoms with Crippen LogP contribution in [0.1, 0.15) is 52.5 Å². The summed E-state index contributed by atoms with van der Waals surface area (Å²) < 4.78 is 5.68. The van der Waals surface area contributed by atoms with Gasteiger partial charge in [-0.25, -0.2) is 4.79 Å². The summed E-state index contributed by atoms with van der Waals surface area (Å²) in [7, 11) is 0. The van der Waals surface area contributed by atoms with Crippen LogP contribution in [-0.4, -0.2) is 48.9 Å². The lowest BCUT2D eigenvalue weighted by Gasteiger charge is -2.26. The first-order valence-corrected chi connectivity index (χ1v) is 11.7. The van der Waals surface area contributed by atoms with E-state index in [2.05, 4.69) is 16.0 Å². The van der Waals surface area contributed by atoms with Gasteiger partial charge in [-0.15, -0.1) is 0 Å². The maximum Gasteiger partial charge on any atom is 0.408 e. The van der Waals surface area contributed by atoms with Crippen molar-refractivity contribution in [1.29, 1.82) is 0 Å². The minimum Gasteiger partial charge on any atom is -0.446 e. The van der Waals surface area contributed by atoms with Gasteiger partial charge in [0, 0.05) is 18.9 Å². The molecule has 1 heterocycles. The van der Waals surface area contributed by atoms with Crippen LogP contribution in [-0.2, 0) is 25.5 Å². The number of ether oxygens (including phenoxy) is 1. The van der Waals surface area contributed by atoms with Crippen LogP contribution in [0, 0.1) is 17.8 Å². The van der Waals surface area contributed by atoms with Crippen LogP contribution in [0.25, 0.3) is 0 Å². The number of rotatable bonds is 12. The molecule has 0 saturated carbocycles. The van der Waals surface area contributed by atoms with E-state index in [4.69, 9.17) is 4.74 Å². The van der Waals surface area contributed by atoms with E-state index in [1.165, 1.54) is 0 Å². The lowest BCUT2D eigenvalue weighted by atomic mass is 9.98. The van der Waals surface area contributed by atoms with Crippen molar-refractivity contribution in [2.45, 2.75) is 71.6 Å². The van der Waals surface area contributed by atoms with E-state index >= 15 is 0 Å². The van der Waals surface area contributed by atoms with E-state index in [0.717, 1.165) is 5.56 Å². The van der Waals surface area contributed by atoms with E-state index in [-0.39, 0.29) is 36.2 Å². The lowest BCUT2D eigenvalue weighted by Crippen LogP contribution is -2.51. The molecule has 3 amide bonds. The molecule has 0 aliphatic carbocycles. The van der Waals surface area contributed by atoms with Gasteiger partial charge in [-0.3, -0.25) is 9.59 Å². The Kier molecular flexibility index (Phi) is 10.4. The molecule has 4 atom stereocenters. The molecule has 8 heteroatoms. The maximum atomic E-state index is 12.9. The van der Waals surface area contributed by atoms with Crippen molar-refractivity contribution in [1.82, 2.24) is 16.0 Å². The third-order valence-electron chi connectivity index (χ3n) is 5.79. The van der Waals surface area contributed by atoms with Crippen LogP contribution in [0.3, 0.4) is 0 Å². The molecule has 1 aliphatic heterocycles. The van der Waals surface area contributed by atoms with E-state index in [1.807, 2.05) is 58.0 Å². The van der Waals surface area contributed by atoms with Gasteiger partial charge in [-0.05, 0) is 36.7 Å². The molecule has 0 aromatic heterocycles. The highest BCUT2D eigenvalue weighted by Gasteiger charge is 2.30. The number of hydrogen-bond donors (Lipinski definition) is 3. The van der Waals surface area contributed by atoms with Crippen LogP contribution in [0.5, 0.6) is 0 Å². The molecule has 1 fully saturated rings. The van der Waals surface area contributed by atoms with Crippen molar-refractivity contribution in [2.75, 3.05) is 6.54 Å². The molecular weight excluding hydrogens is 422 g/mol. The van der Waals surface area contributed by atoms with Crippen LogP contribution < -0.4 is 16.0 Å². The van der Waals surface area contributed by atoms with Gasteiger partial charge in [0.1, 0.15) is 18.4 Å². The molecule has 2 rings (SSSR count). The molecule has 1 aliphatic rings. The summed E-state index contributed by atoms with van der Waals surface area (Å²) in [6, 6.07) is 8.14. The topological polar surface area (TPSA) is 114 Å². The second-order valence-electron chi connectivity index (χ2n) is 9.47. The number of amides is 3. The van der Waals surface area contributed by atoms with Gasteiger partial charge in [0.15, 0.2) is 0 Å². The number of carbonyl (C=O) groups excluding carboxylic acids is 4. The highest BCUT2D eigenvalue weighted by Crippen LogP contribution is 2.17. The van der Waals surface area contributed by atoms with E-state index in [0.29, 0.717) is 32.1 Å². The average Bonchev–Trinajstić information content (AvgIpc) is 3.16. The second kappa shape index (κ2) is 13.0. The quantitative estimate of drug-likeness (QED) is 0.416. The average molecular weight is 460 g/mol. The van der Waals surface area contributed by atoms with Crippen LogP contribution >= 0.6 is 0 Å². The monoisotopic (exact) mass is 459 g/mol. The SMILES string of the molecule is CC(C)C[C@H](NC(=O)OC(Cc1ccccc1)C(C)C)C(=O)N[C@H](C=O)C[C@@H]1CCNC1=O. The molecule has 0 bridgehead atoms. The number of hydrogen-bond acceptors (Lipinski definition) is 5. The normalized spacial score (nSPS) is 18.4. The van der Waals surface area contributed by atoms with Gasteiger partial charge in [0.05, 0.1) is 6.04 Å². The smallest absolute Gasteiger partial charge is 0.408 e. The summed E-state index contributed by atoms with van der Waals surface area (Å²) in [5, 5.41) is 8.10. The fourth-order valence-electron chi connectivity index (χ4n) is 3.88. The Bertz CT molecular complexity index is 796. The third kappa shape index (κ3) is 8.86. The summed E-state index contributed by atoms with van der Waals surface area (Å²) in [5.41, 5.74) is 1.06. The fraction of sp³-hybridized carbons (Fsp3) is 0.600.